The van der Waals surface area contributed by atoms with Gasteiger partial charge in [0.1, 0.15) is 0 Å². The Morgan fingerprint density at radius 1 is 1.21 bits per heavy atom. The zero-order valence-corrected chi connectivity index (χ0v) is 12.8. The standard InChI is InChI=1S/C18H29N/c1-4-12-19-14-16-10-11-18(2,3)13-17(16)15-8-6-5-7-9-15/h5-9,16-17,19H,4,10-14H2,1-3H3. The Labute approximate surface area is 118 Å². The molecule has 19 heavy (non-hydrogen) atoms. The van der Waals surface area contributed by atoms with Crippen molar-refractivity contribution in [2.75, 3.05) is 13.1 Å². The Kier molecular flexibility index (Phi) is 5.04. The van der Waals surface area contributed by atoms with Crippen LogP contribution in [-0.2, 0) is 0 Å². The molecule has 0 spiro atoms. The summed E-state index contributed by atoms with van der Waals surface area (Å²) in [6.45, 7) is 9.44. The van der Waals surface area contributed by atoms with E-state index < -0.39 is 0 Å². The van der Waals surface area contributed by atoms with Crippen molar-refractivity contribution in [2.45, 2.75) is 52.4 Å². The molecule has 0 radical (unpaired) electrons. The molecule has 1 aliphatic carbocycles. The summed E-state index contributed by atoms with van der Waals surface area (Å²) < 4.78 is 0. The fourth-order valence-electron chi connectivity index (χ4n) is 3.44. The second-order valence-electron chi connectivity index (χ2n) is 6.89. The summed E-state index contributed by atoms with van der Waals surface area (Å²) in [6.07, 6.45) is 5.29. The third kappa shape index (κ3) is 4.07. The predicted octanol–water partition coefficient (Wildman–Crippen LogP) is 4.60. The molecular weight excluding hydrogens is 230 g/mol. The average Bonchev–Trinajstić information content (AvgIpc) is 2.41. The lowest BCUT2D eigenvalue weighted by atomic mass is 9.65. The highest BCUT2D eigenvalue weighted by Crippen LogP contribution is 2.46. The topological polar surface area (TPSA) is 12.0 Å². The van der Waals surface area contributed by atoms with Crippen LogP contribution in [0.4, 0.5) is 0 Å². The lowest BCUT2D eigenvalue weighted by Crippen LogP contribution is -2.35. The van der Waals surface area contributed by atoms with Gasteiger partial charge in [-0.05, 0) is 61.6 Å². The molecular formula is C18H29N. The number of nitrogens with one attached hydrogen (secondary N) is 1. The maximum atomic E-state index is 3.63. The van der Waals surface area contributed by atoms with Crippen LogP contribution in [0.5, 0.6) is 0 Å². The van der Waals surface area contributed by atoms with Crippen LogP contribution in [0.25, 0.3) is 0 Å². The van der Waals surface area contributed by atoms with E-state index in [0.29, 0.717) is 5.41 Å². The summed E-state index contributed by atoms with van der Waals surface area (Å²) in [5.41, 5.74) is 2.04. The van der Waals surface area contributed by atoms with Crippen molar-refractivity contribution in [3.63, 3.8) is 0 Å². The van der Waals surface area contributed by atoms with E-state index in [1.54, 1.807) is 5.56 Å². The Morgan fingerprint density at radius 3 is 2.63 bits per heavy atom. The van der Waals surface area contributed by atoms with E-state index in [1.807, 2.05) is 0 Å². The van der Waals surface area contributed by atoms with Gasteiger partial charge >= 0.3 is 0 Å². The highest BCUT2D eigenvalue weighted by atomic mass is 14.9. The van der Waals surface area contributed by atoms with Gasteiger partial charge in [-0.25, -0.2) is 0 Å². The van der Waals surface area contributed by atoms with E-state index in [4.69, 9.17) is 0 Å². The van der Waals surface area contributed by atoms with Crippen molar-refractivity contribution < 1.29 is 0 Å². The molecule has 0 aliphatic heterocycles. The van der Waals surface area contributed by atoms with Crippen LogP contribution >= 0.6 is 0 Å². The minimum atomic E-state index is 0.502. The van der Waals surface area contributed by atoms with Crippen molar-refractivity contribution >= 4 is 0 Å². The van der Waals surface area contributed by atoms with Crippen LogP contribution in [0.2, 0.25) is 0 Å². The summed E-state index contributed by atoms with van der Waals surface area (Å²) in [4.78, 5) is 0. The quantitative estimate of drug-likeness (QED) is 0.762. The summed E-state index contributed by atoms with van der Waals surface area (Å²) in [5, 5.41) is 3.63. The van der Waals surface area contributed by atoms with Crippen LogP contribution in [0, 0.1) is 11.3 Å². The van der Waals surface area contributed by atoms with E-state index in [-0.39, 0.29) is 0 Å². The van der Waals surface area contributed by atoms with Crippen LogP contribution in [0.15, 0.2) is 30.3 Å². The van der Waals surface area contributed by atoms with Gasteiger partial charge in [-0.3, -0.25) is 0 Å². The van der Waals surface area contributed by atoms with Crippen molar-refractivity contribution in [1.82, 2.24) is 5.32 Å². The Bertz CT molecular complexity index is 369. The normalized spacial score (nSPS) is 26.3. The molecule has 1 aliphatic rings. The van der Waals surface area contributed by atoms with Crippen LogP contribution in [0.3, 0.4) is 0 Å². The zero-order chi connectivity index (χ0) is 13.7. The summed E-state index contributed by atoms with van der Waals surface area (Å²) in [5.74, 6) is 1.54. The molecule has 0 heterocycles. The first-order valence-electron chi connectivity index (χ1n) is 7.88. The van der Waals surface area contributed by atoms with Gasteiger partial charge < -0.3 is 5.32 Å². The lowest BCUT2D eigenvalue weighted by molar-refractivity contribution is 0.160. The van der Waals surface area contributed by atoms with Gasteiger partial charge in [0.15, 0.2) is 0 Å². The highest BCUT2D eigenvalue weighted by molar-refractivity contribution is 5.21. The van der Waals surface area contributed by atoms with E-state index in [9.17, 15) is 0 Å². The number of rotatable bonds is 5. The van der Waals surface area contributed by atoms with E-state index in [2.05, 4.69) is 56.4 Å². The molecule has 0 aromatic heterocycles. The van der Waals surface area contributed by atoms with Crippen molar-refractivity contribution in [3.05, 3.63) is 35.9 Å². The molecule has 0 bridgehead atoms. The average molecular weight is 259 g/mol. The molecule has 1 N–H and O–H groups in total. The molecule has 1 saturated carbocycles. The summed E-state index contributed by atoms with van der Waals surface area (Å²) in [6, 6.07) is 11.1. The third-order valence-corrected chi connectivity index (χ3v) is 4.59. The molecule has 1 fully saturated rings. The predicted molar refractivity (Wildman–Crippen MR) is 83.5 cm³/mol. The molecule has 2 unspecified atom stereocenters. The minimum absolute atomic E-state index is 0.502. The van der Waals surface area contributed by atoms with Crippen LogP contribution in [-0.4, -0.2) is 13.1 Å². The number of hydrogen-bond acceptors (Lipinski definition) is 1. The molecule has 2 rings (SSSR count). The lowest BCUT2D eigenvalue weighted by Gasteiger charge is -2.41. The minimum Gasteiger partial charge on any atom is -0.316 e. The Hall–Kier alpha value is -0.820. The second-order valence-corrected chi connectivity index (χ2v) is 6.89. The first-order valence-corrected chi connectivity index (χ1v) is 7.88. The van der Waals surface area contributed by atoms with Crippen LogP contribution in [0.1, 0.15) is 57.9 Å². The fourth-order valence-corrected chi connectivity index (χ4v) is 3.44. The molecule has 106 valence electrons. The van der Waals surface area contributed by atoms with Gasteiger partial charge in [-0.1, -0.05) is 51.1 Å². The molecule has 0 saturated heterocycles. The van der Waals surface area contributed by atoms with Crippen molar-refractivity contribution in [1.29, 1.82) is 0 Å². The van der Waals surface area contributed by atoms with Gasteiger partial charge in [0.2, 0.25) is 0 Å². The van der Waals surface area contributed by atoms with E-state index in [1.165, 1.54) is 32.2 Å². The summed E-state index contributed by atoms with van der Waals surface area (Å²) in [7, 11) is 0. The van der Waals surface area contributed by atoms with Gasteiger partial charge in [-0.15, -0.1) is 0 Å². The zero-order valence-electron chi connectivity index (χ0n) is 12.8. The molecule has 1 heteroatoms. The number of benzene rings is 1. The maximum Gasteiger partial charge on any atom is -0.00147 e. The SMILES string of the molecule is CCCNCC1CCC(C)(C)CC1c1ccccc1. The first kappa shape index (κ1) is 14.6. The summed E-state index contributed by atoms with van der Waals surface area (Å²) >= 11 is 0. The van der Waals surface area contributed by atoms with Gasteiger partial charge in [0, 0.05) is 0 Å². The van der Waals surface area contributed by atoms with Crippen molar-refractivity contribution in [2.24, 2.45) is 11.3 Å². The largest absolute Gasteiger partial charge is 0.316 e. The van der Waals surface area contributed by atoms with E-state index in [0.717, 1.165) is 18.4 Å². The third-order valence-electron chi connectivity index (χ3n) is 4.59. The second kappa shape index (κ2) is 6.56. The van der Waals surface area contributed by atoms with Crippen molar-refractivity contribution in [3.8, 4) is 0 Å². The highest BCUT2D eigenvalue weighted by Gasteiger charge is 2.35. The molecule has 1 aromatic rings. The van der Waals surface area contributed by atoms with Gasteiger partial charge in [0.25, 0.3) is 0 Å². The fraction of sp³-hybridized carbons (Fsp3) is 0.667. The molecule has 2 atom stereocenters. The van der Waals surface area contributed by atoms with E-state index >= 15 is 0 Å². The monoisotopic (exact) mass is 259 g/mol. The Morgan fingerprint density at radius 2 is 1.95 bits per heavy atom. The van der Waals surface area contributed by atoms with Gasteiger partial charge in [0.05, 0.1) is 0 Å². The van der Waals surface area contributed by atoms with Gasteiger partial charge in [-0.2, -0.15) is 0 Å². The molecule has 1 nitrogen and oxygen atoms in total. The smallest absolute Gasteiger partial charge is 0.00147 e. The molecule has 0 amide bonds. The number of hydrogen-bond donors (Lipinski definition) is 1. The van der Waals surface area contributed by atoms with Crippen LogP contribution < -0.4 is 5.32 Å². The molecule has 1 aromatic carbocycles. The maximum absolute atomic E-state index is 3.63. The Balaban J connectivity index is 2.08. The first-order chi connectivity index (χ1) is 9.12.